The Kier molecular flexibility index (Phi) is 19.0. The zero-order valence-corrected chi connectivity index (χ0v) is 76.7. The second kappa shape index (κ2) is 33.2. The quantitative estimate of drug-likeness (QED) is 0.135. The van der Waals surface area contributed by atoms with E-state index in [-0.39, 0.29) is 0 Å². The van der Waals surface area contributed by atoms with Gasteiger partial charge in [0.05, 0.1) is 0 Å². The van der Waals surface area contributed by atoms with Crippen LogP contribution in [0, 0.1) is 0 Å². The van der Waals surface area contributed by atoms with E-state index in [1.165, 1.54) is 246 Å². The summed E-state index contributed by atoms with van der Waals surface area (Å²) in [5, 5.41) is 36.8. The van der Waals surface area contributed by atoms with Crippen LogP contribution in [-0.2, 0) is 0 Å². The second-order valence-corrected chi connectivity index (χ2v) is 37.3. The van der Waals surface area contributed by atoms with Gasteiger partial charge in [0.1, 0.15) is 33.5 Å². The van der Waals surface area contributed by atoms with Gasteiger partial charge < -0.3 is 13.3 Å². The summed E-state index contributed by atoms with van der Waals surface area (Å²) >= 11 is 0. The van der Waals surface area contributed by atoms with Crippen molar-refractivity contribution in [3.05, 3.63) is 510 Å². The maximum Gasteiger partial charge on any atom is 0.136 e. The first kappa shape index (κ1) is 80.9. The molecule has 0 bridgehead atoms. The van der Waals surface area contributed by atoms with Crippen LogP contribution in [0.15, 0.2) is 523 Å². The maximum atomic E-state index is 6.39. The van der Waals surface area contributed by atoms with Crippen LogP contribution in [0.4, 0.5) is 0 Å². The summed E-state index contributed by atoms with van der Waals surface area (Å²) in [6.45, 7) is 0. The first-order valence-corrected chi connectivity index (χ1v) is 48.5. The van der Waals surface area contributed by atoms with Gasteiger partial charge in [-0.2, -0.15) is 0 Å². The number of fused-ring (bicyclic) bond motifs is 24. The molecule has 0 aliphatic carbocycles. The number of rotatable bonds is 9. The van der Waals surface area contributed by atoms with Crippen molar-refractivity contribution in [1.82, 2.24) is 0 Å². The highest BCUT2D eigenvalue weighted by Crippen LogP contribution is 2.53. The summed E-state index contributed by atoms with van der Waals surface area (Å²) in [7, 11) is 0. The smallest absolute Gasteiger partial charge is 0.136 e. The third-order valence-corrected chi connectivity index (χ3v) is 29.5. The molecule has 0 aliphatic heterocycles. The molecule has 30 rings (SSSR count). The lowest BCUT2D eigenvalue weighted by molar-refractivity contribution is 0.669. The standard InChI is InChI=1S/3C46H28O/c1-2-12-31-26-33(21-20-29(31)10-1)32-13-9-14-34(27-32)44-37-16-5-7-18-39(37)45(40-19-8-6-17-38(40)44)35-23-24-42-41(28-35)46-36-15-4-3-11-30(36)22-25-43(46)47-42;1-2-11-33-27-34(22-19-29(33)9-1)30-17-20-32(21-18-30)44-37-13-5-7-15-39(37)45(40-16-8-6-14-38(40)44)35-24-25-42-41(28-35)46-36-12-4-3-10-31(36)23-26-43(46)47-42;1-2-13-31-27-32(22-21-29(31)11-1)34-14-5-6-16-36(34)45-39-19-9-7-17-37(39)44(38-18-8-10-20-40(38)45)33-24-25-42-41(28-33)46-35-15-4-3-12-30(35)23-26-43(46)47-42/h3*1-28H. The Morgan fingerprint density at radius 1 is 0.0993 bits per heavy atom. The third-order valence-electron chi connectivity index (χ3n) is 29.5. The zero-order chi connectivity index (χ0) is 92.7. The van der Waals surface area contributed by atoms with E-state index in [0.717, 1.165) is 49.7 Å². The van der Waals surface area contributed by atoms with Gasteiger partial charge in [0.25, 0.3) is 0 Å². The van der Waals surface area contributed by atoms with Crippen LogP contribution in [0.25, 0.3) is 295 Å². The van der Waals surface area contributed by atoms with Crippen molar-refractivity contribution >= 4 is 195 Å². The van der Waals surface area contributed by atoms with E-state index in [1.807, 2.05) is 0 Å². The second-order valence-electron chi connectivity index (χ2n) is 37.3. The minimum Gasteiger partial charge on any atom is -0.456 e. The van der Waals surface area contributed by atoms with Crippen LogP contribution in [0.1, 0.15) is 0 Å². The molecule has 30 aromatic rings. The summed E-state index contributed by atoms with van der Waals surface area (Å²) in [6, 6.07) is 185. The first-order chi connectivity index (χ1) is 69.9. The molecule has 0 aliphatic rings. The lowest BCUT2D eigenvalue weighted by Gasteiger charge is -2.20. The van der Waals surface area contributed by atoms with Crippen molar-refractivity contribution in [2.45, 2.75) is 0 Å². The summed E-state index contributed by atoms with van der Waals surface area (Å²) in [6.07, 6.45) is 0. The van der Waals surface area contributed by atoms with Crippen LogP contribution >= 0.6 is 0 Å². The van der Waals surface area contributed by atoms with E-state index in [9.17, 15) is 0 Å². The van der Waals surface area contributed by atoms with E-state index < -0.39 is 0 Å². The minimum absolute atomic E-state index is 0.912. The number of benzene rings is 27. The van der Waals surface area contributed by atoms with Gasteiger partial charge in [-0.25, -0.2) is 0 Å². The molecule has 0 saturated carbocycles. The average molecular weight is 1790 g/mol. The summed E-state index contributed by atoms with van der Waals surface area (Å²) in [5.74, 6) is 0. The highest BCUT2D eigenvalue weighted by atomic mass is 16.3. The van der Waals surface area contributed by atoms with Gasteiger partial charge in [-0.05, 0) is 308 Å². The molecule has 27 aromatic carbocycles. The highest BCUT2D eigenvalue weighted by molar-refractivity contribution is 6.29. The predicted molar refractivity (Wildman–Crippen MR) is 600 cm³/mol. The van der Waals surface area contributed by atoms with Gasteiger partial charge in [0.2, 0.25) is 0 Å². The Labute approximate surface area is 812 Å². The molecule has 3 aromatic heterocycles. The highest BCUT2D eigenvalue weighted by Gasteiger charge is 2.26. The molecule has 3 heterocycles. The van der Waals surface area contributed by atoms with E-state index in [4.69, 9.17) is 13.3 Å². The fourth-order valence-electron chi connectivity index (χ4n) is 23.1. The number of furan rings is 3. The molecule has 654 valence electrons. The molecule has 0 atom stereocenters. The molecule has 0 amide bonds. The molecule has 3 nitrogen and oxygen atoms in total. The van der Waals surface area contributed by atoms with E-state index in [0.29, 0.717) is 0 Å². The lowest BCUT2D eigenvalue weighted by Crippen LogP contribution is -1.92. The van der Waals surface area contributed by atoms with Gasteiger partial charge in [-0.3, -0.25) is 0 Å². The SMILES string of the molecule is c1cc(-c2ccc3ccccc3c2)cc(-c2c3ccccc3c(-c3ccc4oc5ccc6ccccc6c5c4c3)c3ccccc23)c1.c1ccc(-c2c3ccccc3c(-c3ccc4oc5ccc6ccccc6c5c4c3)c3ccccc23)c(-c2ccc3ccccc3c2)c1.c1ccc2cc(-c3ccc(-c4c5ccccc5c(-c5ccc6oc7ccc8ccccc8c7c6c5)c5ccccc45)cc3)ccc2c1. The first-order valence-electron chi connectivity index (χ1n) is 48.5. The summed E-state index contributed by atoms with van der Waals surface area (Å²) < 4.78 is 19.1. The molecule has 0 N–H and O–H groups in total. The maximum absolute atomic E-state index is 6.39. The van der Waals surface area contributed by atoms with Crippen LogP contribution in [0.5, 0.6) is 0 Å². The van der Waals surface area contributed by atoms with E-state index in [2.05, 4.69) is 510 Å². The predicted octanol–water partition coefficient (Wildman–Crippen LogP) is 39.6. The van der Waals surface area contributed by atoms with Crippen LogP contribution < -0.4 is 0 Å². The van der Waals surface area contributed by atoms with Crippen molar-refractivity contribution in [1.29, 1.82) is 0 Å². The fourth-order valence-corrected chi connectivity index (χ4v) is 23.1. The van der Waals surface area contributed by atoms with Gasteiger partial charge in [-0.1, -0.05) is 431 Å². The van der Waals surface area contributed by atoms with Crippen molar-refractivity contribution < 1.29 is 13.3 Å². The molecule has 0 fully saturated rings. The van der Waals surface area contributed by atoms with Crippen molar-refractivity contribution in [3.8, 4) is 100 Å². The van der Waals surface area contributed by atoms with Gasteiger partial charge in [-0.15, -0.1) is 0 Å². The van der Waals surface area contributed by atoms with Crippen molar-refractivity contribution in [3.63, 3.8) is 0 Å². The van der Waals surface area contributed by atoms with Crippen LogP contribution in [-0.4, -0.2) is 0 Å². The van der Waals surface area contributed by atoms with Gasteiger partial charge >= 0.3 is 0 Å². The van der Waals surface area contributed by atoms with Crippen LogP contribution in [0.2, 0.25) is 0 Å². The molecule has 141 heavy (non-hydrogen) atoms. The normalized spacial score (nSPS) is 11.8. The largest absolute Gasteiger partial charge is 0.456 e. The molecular weight excluding hydrogens is 1710 g/mol. The molecule has 0 unspecified atom stereocenters. The summed E-state index contributed by atoms with van der Waals surface area (Å²) in [5.41, 5.74) is 27.7. The van der Waals surface area contributed by atoms with Gasteiger partial charge in [0, 0.05) is 32.3 Å². The molecule has 0 saturated heterocycles. The van der Waals surface area contributed by atoms with Crippen molar-refractivity contribution in [2.24, 2.45) is 0 Å². The number of hydrogen-bond donors (Lipinski definition) is 0. The zero-order valence-electron chi connectivity index (χ0n) is 76.7. The molecule has 3 heteroatoms. The average Bonchev–Trinajstić information content (AvgIpc) is 1.66. The fraction of sp³-hybridized carbons (Fsp3) is 0. The number of hydrogen-bond acceptors (Lipinski definition) is 3. The van der Waals surface area contributed by atoms with Gasteiger partial charge in [0.15, 0.2) is 0 Å². The Hall–Kier alpha value is -18.5. The third kappa shape index (κ3) is 13.6. The lowest BCUT2D eigenvalue weighted by atomic mass is 9.83. The van der Waals surface area contributed by atoms with Crippen LogP contribution in [0.3, 0.4) is 0 Å². The monoisotopic (exact) mass is 1790 g/mol. The van der Waals surface area contributed by atoms with Crippen molar-refractivity contribution in [2.75, 3.05) is 0 Å². The molecule has 0 spiro atoms. The summed E-state index contributed by atoms with van der Waals surface area (Å²) in [4.78, 5) is 0. The Morgan fingerprint density at radius 3 is 0.674 bits per heavy atom. The Morgan fingerprint density at radius 2 is 0.319 bits per heavy atom. The molecular formula is C138H84O3. The van der Waals surface area contributed by atoms with E-state index in [1.54, 1.807) is 0 Å². The molecule has 0 radical (unpaired) electrons. The Balaban J connectivity index is 0.000000104. The minimum atomic E-state index is 0.912. The van der Waals surface area contributed by atoms with E-state index >= 15 is 0 Å². The topological polar surface area (TPSA) is 39.4 Å². The Bertz CT molecular complexity index is 10200.